The van der Waals surface area contributed by atoms with Gasteiger partial charge in [-0.15, -0.1) is 0 Å². The lowest BCUT2D eigenvalue weighted by Crippen LogP contribution is -2.15. The van der Waals surface area contributed by atoms with E-state index in [9.17, 15) is 0 Å². The Hall–Kier alpha value is -2.22. The minimum absolute atomic E-state index is 0.0771. The molecule has 0 aliphatic carbocycles. The van der Waals surface area contributed by atoms with Crippen molar-refractivity contribution in [3.05, 3.63) is 35.5 Å². The standard InChI is InChI=1S/C11H12N6OS/c1-6-3-7(2)16-11(15-6)19-9-5-13-8(4-14-9)10(12)17-18/h3-5,18H,1-2H3,(H2,12,17). The second-order valence-corrected chi connectivity index (χ2v) is 4.75. The molecular weight excluding hydrogens is 264 g/mol. The van der Waals surface area contributed by atoms with Crippen LogP contribution in [-0.4, -0.2) is 31.0 Å². The second kappa shape index (κ2) is 5.61. The Morgan fingerprint density at radius 3 is 2.42 bits per heavy atom. The molecule has 7 nitrogen and oxygen atoms in total. The van der Waals surface area contributed by atoms with E-state index in [1.165, 1.54) is 24.2 Å². The monoisotopic (exact) mass is 276 g/mol. The van der Waals surface area contributed by atoms with Gasteiger partial charge in [-0.25, -0.2) is 19.9 Å². The van der Waals surface area contributed by atoms with Crippen LogP contribution in [0, 0.1) is 13.8 Å². The summed E-state index contributed by atoms with van der Waals surface area (Å²) >= 11 is 1.30. The van der Waals surface area contributed by atoms with Gasteiger partial charge in [0.2, 0.25) is 0 Å². The summed E-state index contributed by atoms with van der Waals surface area (Å²) in [6.07, 6.45) is 2.96. The molecule has 2 rings (SSSR count). The Labute approximate surface area is 114 Å². The molecule has 2 aromatic rings. The summed E-state index contributed by atoms with van der Waals surface area (Å²) in [6, 6.07) is 1.90. The maximum atomic E-state index is 8.52. The van der Waals surface area contributed by atoms with Crippen LogP contribution in [0.2, 0.25) is 0 Å². The Kier molecular flexibility index (Phi) is 3.91. The Bertz CT molecular complexity index is 593. The molecule has 0 atom stereocenters. The molecule has 0 aliphatic heterocycles. The van der Waals surface area contributed by atoms with Crippen LogP contribution in [0.25, 0.3) is 0 Å². The second-order valence-electron chi connectivity index (χ2n) is 3.76. The first-order valence-electron chi connectivity index (χ1n) is 5.38. The zero-order valence-electron chi connectivity index (χ0n) is 10.4. The van der Waals surface area contributed by atoms with E-state index < -0.39 is 0 Å². The first-order chi connectivity index (χ1) is 9.08. The largest absolute Gasteiger partial charge is 0.409 e. The van der Waals surface area contributed by atoms with E-state index in [-0.39, 0.29) is 5.84 Å². The molecule has 0 radical (unpaired) electrons. The molecule has 0 amide bonds. The third kappa shape index (κ3) is 3.38. The fraction of sp³-hybridized carbons (Fsp3) is 0.182. The fourth-order valence-electron chi connectivity index (χ4n) is 1.39. The molecule has 98 valence electrons. The first-order valence-corrected chi connectivity index (χ1v) is 6.20. The van der Waals surface area contributed by atoms with Gasteiger partial charge in [0.25, 0.3) is 0 Å². The highest BCUT2D eigenvalue weighted by Gasteiger charge is 2.06. The normalized spacial score (nSPS) is 11.6. The van der Waals surface area contributed by atoms with E-state index in [1.807, 2.05) is 19.9 Å². The summed E-state index contributed by atoms with van der Waals surface area (Å²) in [5.74, 6) is -0.0771. The van der Waals surface area contributed by atoms with Crippen LogP contribution in [0.1, 0.15) is 17.1 Å². The van der Waals surface area contributed by atoms with E-state index in [0.29, 0.717) is 15.9 Å². The molecule has 2 aromatic heterocycles. The molecule has 8 heteroatoms. The lowest BCUT2D eigenvalue weighted by atomic mass is 10.4. The van der Waals surface area contributed by atoms with Crippen molar-refractivity contribution in [3.63, 3.8) is 0 Å². The zero-order valence-corrected chi connectivity index (χ0v) is 11.2. The quantitative estimate of drug-likeness (QED) is 0.284. The van der Waals surface area contributed by atoms with Crippen molar-refractivity contribution in [1.82, 2.24) is 19.9 Å². The SMILES string of the molecule is Cc1cc(C)nc(Sc2cnc(C(N)=NO)cn2)n1. The average Bonchev–Trinajstić information content (AvgIpc) is 2.37. The summed E-state index contributed by atoms with van der Waals surface area (Å²) in [7, 11) is 0. The number of hydrogen-bond donors (Lipinski definition) is 2. The van der Waals surface area contributed by atoms with E-state index in [4.69, 9.17) is 10.9 Å². The number of oxime groups is 1. The van der Waals surface area contributed by atoms with Gasteiger partial charge >= 0.3 is 0 Å². The summed E-state index contributed by atoms with van der Waals surface area (Å²) in [5.41, 5.74) is 7.51. The zero-order chi connectivity index (χ0) is 13.8. The van der Waals surface area contributed by atoms with Crippen LogP contribution >= 0.6 is 11.8 Å². The highest BCUT2D eigenvalue weighted by atomic mass is 32.2. The molecule has 19 heavy (non-hydrogen) atoms. The topological polar surface area (TPSA) is 110 Å². The van der Waals surface area contributed by atoms with Gasteiger partial charge in [-0.3, -0.25) is 0 Å². The number of aryl methyl sites for hydroxylation is 2. The van der Waals surface area contributed by atoms with Crippen molar-refractivity contribution in [2.24, 2.45) is 10.9 Å². The predicted molar refractivity (Wildman–Crippen MR) is 70.2 cm³/mol. The van der Waals surface area contributed by atoms with E-state index in [2.05, 4.69) is 25.1 Å². The summed E-state index contributed by atoms with van der Waals surface area (Å²) in [4.78, 5) is 16.8. The smallest absolute Gasteiger partial charge is 0.194 e. The number of hydrogen-bond acceptors (Lipinski definition) is 7. The third-order valence-corrected chi connectivity index (χ3v) is 2.94. The molecule has 3 N–H and O–H groups in total. The molecule has 0 bridgehead atoms. The van der Waals surface area contributed by atoms with Gasteiger partial charge in [-0.2, -0.15) is 0 Å². The summed E-state index contributed by atoms with van der Waals surface area (Å²) in [6.45, 7) is 3.82. The highest BCUT2D eigenvalue weighted by Crippen LogP contribution is 2.22. The van der Waals surface area contributed by atoms with Gasteiger partial charge in [-0.1, -0.05) is 5.16 Å². The van der Waals surface area contributed by atoms with E-state index in [0.717, 1.165) is 11.4 Å². The number of amidine groups is 1. The van der Waals surface area contributed by atoms with Gasteiger partial charge in [0.1, 0.15) is 10.7 Å². The van der Waals surface area contributed by atoms with Crippen LogP contribution in [0.3, 0.4) is 0 Å². The van der Waals surface area contributed by atoms with Gasteiger partial charge in [0, 0.05) is 11.4 Å². The van der Waals surface area contributed by atoms with Crippen LogP contribution in [0.5, 0.6) is 0 Å². The fourth-order valence-corrected chi connectivity index (χ4v) is 2.16. The number of nitrogens with two attached hydrogens (primary N) is 1. The molecule has 0 aliphatic rings. The van der Waals surface area contributed by atoms with Crippen molar-refractivity contribution in [2.75, 3.05) is 0 Å². The van der Waals surface area contributed by atoms with Crippen molar-refractivity contribution in [1.29, 1.82) is 0 Å². The van der Waals surface area contributed by atoms with Gasteiger partial charge in [0.15, 0.2) is 11.0 Å². The predicted octanol–water partition coefficient (Wildman–Crippen LogP) is 1.13. The number of aromatic nitrogens is 4. The lowest BCUT2D eigenvalue weighted by molar-refractivity contribution is 0.318. The minimum atomic E-state index is -0.0771. The Balaban J connectivity index is 2.19. The van der Waals surface area contributed by atoms with E-state index in [1.54, 1.807) is 0 Å². The minimum Gasteiger partial charge on any atom is -0.409 e. The first kappa shape index (κ1) is 13.2. The molecule has 0 aromatic carbocycles. The molecule has 0 unspecified atom stereocenters. The molecular formula is C11H12N6OS. The summed E-state index contributed by atoms with van der Waals surface area (Å²) < 4.78 is 0. The van der Waals surface area contributed by atoms with Crippen LogP contribution in [0.15, 0.2) is 33.8 Å². The van der Waals surface area contributed by atoms with Crippen molar-refractivity contribution in [2.45, 2.75) is 24.0 Å². The van der Waals surface area contributed by atoms with Crippen molar-refractivity contribution < 1.29 is 5.21 Å². The average molecular weight is 276 g/mol. The number of rotatable bonds is 3. The maximum absolute atomic E-state index is 8.52. The van der Waals surface area contributed by atoms with Crippen molar-refractivity contribution in [3.8, 4) is 0 Å². The Morgan fingerprint density at radius 2 is 1.89 bits per heavy atom. The molecule has 0 spiro atoms. The molecule has 2 heterocycles. The Morgan fingerprint density at radius 1 is 1.21 bits per heavy atom. The van der Waals surface area contributed by atoms with Crippen molar-refractivity contribution >= 4 is 17.6 Å². The molecule has 0 saturated carbocycles. The van der Waals surface area contributed by atoms with Gasteiger partial charge in [-0.05, 0) is 31.7 Å². The van der Waals surface area contributed by atoms with Crippen LogP contribution in [0.4, 0.5) is 0 Å². The van der Waals surface area contributed by atoms with Gasteiger partial charge < -0.3 is 10.9 Å². The highest BCUT2D eigenvalue weighted by molar-refractivity contribution is 7.99. The lowest BCUT2D eigenvalue weighted by Gasteiger charge is -2.02. The van der Waals surface area contributed by atoms with Crippen LogP contribution < -0.4 is 5.73 Å². The number of nitrogens with zero attached hydrogens (tertiary/aromatic N) is 5. The van der Waals surface area contributed by atoms with Crippen LogP contribution in [-0.2, 0) is 0 Å². The van der Waals surface area contributed by atoms with Gasteiger partial charge in [0.05, 0.1) is 12.4 Å². The molecule has 0 fully saturated rings. The molecule has 0 saturated heterocycles. The third-order valence-electron chi connectivity index (χ3n) is 2.16. The summed E-state index contributed by atoms with van der Waals surface area (Å²) in [5, 5.41) is 12.6. The maximum Gasteiger partial charge on any atom is 0.194 e. The van der Waals surface area contributed by atoms with E-state index >= 15 is 0 Å².